The molecule has 0 amide bonds. The van der Waals surface area contributed by atoms with Crippen LogP contribution in [0.2, 0.25) is 0 Å². The minimum absolute atomic E-state index is 0.960. The molecule has 0 saturated carbocycles. The van der Waals surface area contributed by atoms with Crippen molar-refractivity contribution in [1.82, 2.24) is 19.2 Å². The maximum absolute atomic E-state index is 4.64. The number of nitrogens with zero attached hydrogens (tertiary/aromatic N) is 4. The van der Waals surface area contributed by atoms with E-state index in [4.69, 9.17) is 0 Å². The van der Waals surface area contributed by atoms with Crippen molar-refractivity contribution in [2.75, 3.05) is 0 Å². The molecule has 3 heterocycles. The number of hydrogen-bond acceptors (Lipinski definition) is 3. The zero-order chi connectivity index (χ0) is 13.5. The summed E-state index contributed by atoms with van der Waals surface area (Å²) in [5.74, 6) is 0. The molecule has 5 heteroatoms. The molecule has 3 aromatic heterocycles. The zero-order valence-corrected chi connectivity index (χ0v) is 11.7. The number of fused-ring (bicyclic) bond motifs is 1. The predicted octanol–water partition coefficient (Wildman–Crippen LogP) is 3.56. The Bertz CT molecular complexity index is 870. The van der Waals surface area contributed by atoms with Gasteiger partial charge in [-0.2, -0.15) is 5.10 Å². The Morgan fingerprint density at radius 2 is 1.95 bits per heavy atom. The van der Waals surface area contributed by atoms with Gasteiger partial charge in [-0.1, -0.05) is 18.2 Å². The smallest absolute Gasteiger partial charge is 0.194 e. The first kappa shape index (κ1) is 11.4. The highest BCUT2D eigenvalue weighted by Gasteiger charge is 2.09. The van der Waals surface area contributed by atoms with Crippen LogP contribution in [0.4, 0.5) is 0 Å². The van der Waals surface area contributed by atoms with Crippen molar-refractivity contribution < 1.29 is 0 Å². The van der Waals surface area contributed by atoms with Crippen LogP contribution in [0.15, 0.2) is 54.3 Å². The third-order valence-corrected chi connectivity index (χ3v) is 4.25. The standard InChI is InChI=1S/C15H12N4S/c1-11-10-20-15-17-14(9-18(11)15)12-7-16-19(8-12)13-5-3-2-4-6-13/h2-10H,1H3. The molecule has 0 aliphatic carbocycles. The Kier molecular flexibility index (Phi) is 2.47. The van der Waals surface area contributed by atoms with Gasteiger partial charge >= 0.3 is 0 Å². The average Bonchev–Trinajstić information content (AvgIpc) is 3.17. The van der Waals surface area contributed by atoms with E-state index in [9.17, 15) is 0 Å². The molecule has 0 aliphatic heterocycles. The van der Waals surface area contributed by atoms with Gasteiger partial charge in [0.05, 0.1) is 17.6 Å². The van der Waals surface area contributed by atoms with Gasteiger partial charge in [0.15, 0.2) is 4.96 Å². The third-order valence-electron chi connectivity index (χ3n) is 3.29. The molecule has 0 saturated heterocycles. The highest BCUT2D eigenvalue weighted by molar-refractivity contribution is 7.15. The molecule has 0 fully saturated rings. The molecular formula is C15H12N4S. The molecule has 0 spiro atoms. The number of para-hydroxylation sites is 1. The van der Waals surface area contributed by atoms with Crippen LogP contribution >= 0.6 is 11.3 Å². The number of hydrogen-bond donors (Lipinski definition) is 0. The minimum Gasteiger partial charge on any atom is -0.294 e. The summed E-state index contributed by atoms with van der Waals surface area (Å²) in [4.78, 5) is 5.66. The molecule has 0 bridgehead atoms. The number of benzene rings is 1. The van der Waals surface area contributed by atoms with Gasteiger partial charge in [-0.25, -0.2) is 9.67 Å². The molecule has 0 aliphatic rings. The molecule has 0 N–H and O–H groups in total. The van der Waals surface area contributed by atoms with Crippen molar-refractivity contribution in [3.63, 3.8) is 0 Å². The van der Waals surface area contributed by atoms with E-state index in [1.54, 1.807) is 11.3 Å². The number of imidazole rings is 1. The van der Waals surface area contributed by atoms with Crippen molar-refractivity contribution in [3.8, 4) is 16.9 Å². The Hall–Kier alpha value is -2.40. The average molecular weight is 280 g/mol. The fourth-order valence-electron chi connectivity index (χ4n) is 2.21. The van der Waals surface area contributed by atoms with Crippen LogP contribution in [0, 0.1) is 6.92 Å². The number of rotatable bonds is 2. The lowest BCUT2D eigenvalue weighted by Crippen LogP contribution is -1.92. The lowest BCUT2D eigenvalue weighted by Gasteiger charge is -1.98. The van der Waals surface area contributed by atoms with E-state index in [1.165, 1.54) is 5.69 Å². The topological polar surface area (TPSA) is 35.1 Å². The third kappa shape index (κ3) is 1.75. The lowest BCUT2D eigenvalue weighted by molar-refractivity contribution is 0.881. The quantitative estimate of drug-likeness (QED) is 0.563. The summed E-state index contributed by atoms with van der Waals surface area (Å²) >= 11 is 1.66. The minimum atomic E-state index is 0.960. The van der Waals surface area contributed by atoms with Gasteiger partial charge in [0, 0.05) is 29.0 Å². The summed E-state index contributed by atoms with van der Waals surface area (Å²) in [6.45, 7) is 2.09. The predicted molar refractivity (Wildman–Crippen MR) is 80.4 cm³/mol. The first-order valence-electron chi connectivity index (χ1n) is 6.35. The summed E-state index contributed by atoms with van der Waals surface area (Å²) in [5.41, 5.74) is 4.25. The Morgan fingerprint density at radius 1 is 1.10 bits per heavy atom. The second-order valence-corrected chi connectivity index (χ2v) is 5.50. The fourth-order valence-corrected chi connectivity index (χ4v) is 3.06. The zero-order valence-electron chi connectivity index (χ0n) is 10.9. The lowest BCUT2D eigenvalue weighted by atomic mass is 10.3. The molecular weight excluding hydrogens is 268 g/mol. The molecule has 98 valence electrons. The van der Waals surface area contributed by atoms with Crippen molar-refractivity contribution in [2.24, 2.45) is 0 Å². The van der Waals surface area contributed by atoms with Crippen LogP contribution in [0.1, 0.15) is 5.69 Å². The maximum Gasteiger partial charge on any atom is 0.194 e. The van der Waals surface area contributed by atoms with Crippen LogP contribution in [-0.4, -0.2) is 19.2 Å². The molecule has 0 atom stereocenters. The van der Waals surface area contributed by atoms with Crippen molar-refractivity contribution in [3.05, 3.63) is 60.0 Å². The van der Waals surface area contributed by atoms with Crippen LogP contribution in [0.25, 0.3) is 21.9 Å². The molecule has 0 unspecified atom stereocenters. The van der Waals surface area contributed by atoms with Gasteiger partial charge in [0.1, 0.15) is 0 Å². The highest BCUT2D eigenvalue weighted by atomic mass is 32.1. The summed E-state index contributed by atoms with van der Waals surface area (Å²) in [6.07, 6.45) is 5.93. The van der Waals surface area contributed by atoms with Gasteiger partial charge in [0.2, 0.25) is 0 Å². The molecule has 20 heavy (non-hydrogen) atoms. The van der Waals surface area contributed by atoms with Gasteiger partial charge in [-0.05, 0) is 19.1 Å². The van der Waals surface area contributed by atoms with E-state index in [2.05, 4.69) is 33.0 Å². The second-order valence-electron chi connectivity index (χ2n) is 4.66. The van der Waals surface area contributed by atoms with Gasteiger partial charge in [0.25, 0.3) is 0 Å². The van der Waals surface area contributed by atoms with E-state index in [1.807, 2.05) is 47.4 Å². The first-order valence-corrected chi connectivity index (χ1v) is 7.23. The molecule has 1 aromatic carbocycles. The monoisotopic (exact) mass is 280 g/mol. The summed E-state index contributed by atoms with van der Waals surface area (Å²) in [6, 6.07) is 10.1. The largest absolute Gasteiger partial charge is 0.294 e. The summed E-state index contributed by atoms with van der Waals surface area (Å²) in [5, 5.41) is 6.52. The molecule has 0 radical (unpaired) electrons. The van der Waals surface area contributed by atoms with Gasteiger partial charge < -0.3 is 0 Å². The van der Waals surface area contributed by atoms with Crippen LogP contribution in [-0.2, 0) is 0 Å². The number of thiazole rings is 1. The highest BCUT2D eigenvalue weighted by Crippen LogP contribution is 2.23. The van der Waals surface area contributed by atoms with Gasteiger partial charge in [-0.15, -0.1) is 11.3 Å². The summed E-state index contributed by atoms with van der Waals surface area (Å²) < 4.78 is 3.98. The van der Waals surface area contributed by atoms with Crippen molar-refractivity contribution in [1.29, 1.82) is 0 Å². The Morgan fingerprint density at radius 3 is 2.75 bits per heavy atom. The van der Waals surface area contributed by atoms with E-state index in [0.717, 1.165) is 21.9 Å². The second kappa shape index (κ2) is 4.31. The fraction of sp³-hybridized carbons (Fsp3) is 0.0667. The number of aromatic nitrogens is 4. The maximum atomic E-state index is 4.64. The normalized spacial score (nSPS) is 11.2. The van der Waals surface area contributed by atoms with Gasteiger partial charge in [-0.3, -0.25) is 4.40 Å². The molecule has 4 rings (SSSR count). The summed E-state index contributed by atoms with van der Waals surface area (Å²) in [7, 11) is 0. The van der Waals surface area contributed by atoms with Crippen LogP contribution in [0.5, 0.6) is 0 Å². The van der Waals surface area contributed by atoms with E-state index in [-0.39, 0.29) is 0 Å². The van der Waals surface area contributed by atoms with E-state index in [0.29, 0.717) is 0 Å². The Balaban J connectivity index is 1.77. The van der Waals surface area contributed by atoms with Crippen LogP contribution < -0.4 is 0 Å². The number of aryl methyl sites for hydroxylation is 1. The van der Waals surface area contributed by atoms with E-state index >= 15 is 0 Å². The first-order chi connectivity index (χ1) is 9.81. The molecule has 4 nitrogen and oxygen atoms in total. The van der Waals surface area contributed by atoms with Crippen LogP contribution in [0.3, 0.4) is 0 Å². The Labute approximate surface area is 119 Å². The van der Waals surface area contributed by atoms with E-state index < -0.39 is 0 Å². The van der Waals surface area contributed by atoms with Crippen molar-refractivity contribution >= 4 is 16.3 Å². The van der Waals surface area contributed by atoms with Crippen molar-refractivity contribution in [2.45, 2.75) is 6.92 Å². The molecule has 4 aromatic rings. The SMILES string of the molecule is Cc1csc2nc(-c3cnn(-c4ccccc4)c3)cn12.